The second-order valence-corrected chi connectivity index (χ2v) is 3.07. The first-order valence-corrected chi connectivity index (χ1v) is 4.24. The largest absolute Gasteiger partial charge is 0.452 e. The zero-order valence-corrected chi connectivity index (χ0v) is 9.74. The van der Waals surface area contributed by atoms with Gasteiger partial charge in [0.15, 0.2) is 0 Å². The molecule has 0 aromatic heterocycles. The Morgan fingerprint density at radius 2 is 1.13 bits per heavy atom. The first kappa shape index (κ1) is 17.2. The van der Waals surface area contributed by atoms with Crippen molar-refractivity contribution < 1.29 is 56.8 Å². The first-order chi connectivity index (χ1) is 6.41. The van der Waals surface area contributed by atoms with Crippen LogP contribution in [0.4, 0.5) is 9.59 Å². The molecule has 0 fully saturated rings. The van der Waals surface area contributed by atoms with Crippen LogP contribution in [0.2, 0.25) is 0 Å². The van der Waals surface area contributed by atoms with Crippen LogP contribution in [0.3, 0.4) is 0 Å². The molecule has 0 aliphatic heterocycles. The van der Waals surface area contributed by atoms with Crippen molar-refractivity contribution in [1.82, 2.24) is 0 Å². The number of carbonyl (C=O) groups is 2. The van der Waals surface area contributed by atoms with E-state index in [-0.39, 0.29) is 49.9 Å². The average Bonchev–Trinajstić information content (AvgIpc) is 1.98. The topological polar surface area (TPSA) is 77.3 Å². The number of rotatable bonds is 2. The molecule has 0 bridgehead atoms. The fourth-order valence-corrected chi connectivity index (χ4v) is 0.532. The van der Waals surface area contributed by atoms with Crippen LogP contribution in [0.5, 0.6) is 0 Å². The van der Waals surface area contributed by atoms with Gasteiger partial charge in [-0.05, 0) is 27.7 Å². The molecule has 0 rings (SSSR count). The molecule has 0 aliphatic carbocycles. The van der Waals surface area contributed by atoms with E-state index in [9.17, 15) is 9.59 Å². The van der Waals surface area contributed by atoms with E-state index >= 15 is 0 Å². The van der Waals surface area contributed by atoms with E-state index in [2.05, 4.69) is 19.7 Å². The van der Waals surface area contributed by atoms with Crippen LogP contribution in [0.15, 0.2) is 10.2 Å². The van der Waals surface area contributed by atoms with Gasteiger partial charge in [0.25, 0.3) is 0 Å². The van der Waals surface area contributed by atoms with E-state index < -0.39 is 12.2 Å². The van der Waals surface area contributed by atoms with Crippen molar-refractivity contribution in [2.75, 3.05) is 0 Å². The predicted octanol–water partition coefficient (Wildman–Crippen LogP) is 2.53. The molecule has 0 N–H and O–H groups in total. The number of nitrogens with zero attached hydrogens (tertiary/aromatic N) is 2. The van der Waals surface area contributed by atoms with E-state index in [1.165, 1.54) is 0 Å². The fraction of sp³-hybridized carbons (Fsp3) is 0.750. The van der Waals surface area contributed by atoms with Crippen LogP contribution in [0.1, 0.15) is 27.7 Å². The summed E-state index contributed by atoms with van der Waals surface area (Å²) in [5.74, 6) is 0. The van der Waals surface area contributed by atoms with E-state index in [0.717, 1.165) is 0 Å². The van der Waals surface area contributed by atoms with E-state index in [0.29, 0.717) is 0 Å². The van der Waals surface area contributed by atoms with Gasteiger partial charge in [0.2, 0.25) is 0 Å². The van der Waals surface area contributed by atoms with Crippen LogP contribution in [-0.2, 0) is 9.47 Å². The smallest absolute Gasteiger partial charge is 0.444 e. The maximum atomic E-state index is 10.8. The third kappa shape index (κ3) is 11.7. The molecule has 0 saturated carbocycles. The Morgan fingerprint density at radius 3 is 1.33 bits per heavy atom. The Kier molecular flexibility index (Phi) is 10.4. The van der Waals surface area contributed by atoms with Crippen LogP contribution in [0, 0.1) is 37.7 Å². The Morgan fingerprint density at radius 1 is 0.867 bits per heavy atom. The molecule has 15 heavy (non-hydrogen) atoms. The maximum absolute atomic E-state index is 10.8. The minimum Gasteiger partial charge on any atom is -0.444 e. The van der Waals surface area contributed by atoms with Gasteiger partial charge in [-0.1, -0.05) is 10.2 Å². The molecule has 0 aromatic rings. The Hall–Kier alpha value is -0.200. The SMILES string of the molecule is CC(C)OC(=O)N=NC(=O)OC(C)C.[Ar]. The minimum atomic E-state index is -0.902. The molecular formula is C8H14ArN2O4. The van der Waals surface area contributed by atoms with E-state index in [1.54, 1.807) is 27.7 Å². The first-order valence-electron chi connectivity index (χ1n) is 4.24. The molecular weight excluding hydrogens is 228 g/mol. The predicted molar refractivity (Wildman–Crippen MR) is 48.1 cm³/mol. The zero-order chi connectivity index (χ0) is 11.1. The van der Waals surface area contributed by atoms with E-state index in [1.807, 2.05) is 0 Å². The molecule has 2 amide bonds. The minimum absolute atomic E-state index is 0. The van der Waals surface area contributed by atoms with Crippen LogP contribution in [-0.4, -0.2) is 24.4 Å². The Labute approximate surface area is 118 Å². The monoisotopic (exact) mass is 242 g/mol. The van der Waals surface area contributed by atoms with Gasteiger partial charge in [-0.15, -0.1) is 0 Å². The molecule has 0 aliphatic rings. The average molecular weight is 242 g/mol. The van der Waals surface area contributed by atoms with Gasteiger partial charge >= 0.3 is 12.2 Å². The standard InChI is InChI=1S/C8H14N2O4.Ar/c1-5(2)13-7(11)9-10-8(12)14-6(3)4;/h5-6H,1-4H3;. The van der Waals surface area contributed by atoms with E-state index in [4.69, 9.17) is 0 Å². The van der Waals surface area contributed by atoms with Crippen molar-refractivity contribution in [3.63, 3.8) is 0 Å². The fourth-order valence-electron chi connectivity index (χ4n) is 0.532. The summed E-state index contributed by atoms with van der Waals surface area (Å²) in [5, 5.41) is 6.01. The third-order valence-electron chi connectivity index (χ3n) is 0.886. The van der Waals surface area contributed by atoms with Crippen LogP contribution in [0.25, 0.3) is 0 Å². The molecule has 88 valence electrons. The van der Waals surface area contributed by atoms with Crippen molar-refractivity contribution >= 4 is 12.2 Å². The summed E-state index contributed by atoms with van der Waals surface area (Å²) in [4.78, 5) is 21.5. The van der Waals surface area contributed by atoms with Gasteiger partial charge in [0, 0.05) is 37.7 Å². The van der Waals surface area contributed by atoms with Crippen molar-refractivity contribution in [1.29, 1.82) is 0 Å². The molecule has 0 atom stereocenters. The number of amides is 2. The van der Waals surface area contributed by atoms with Gasteiger partial charge in [-0.25, -0.2) is 9.59 Å². The summed E-state index contributed by atoms with van der Waals surface area (Å²) in [6, 6.07) is 0. The Bertz CT molecular complexity index is 217. The van der Waals surface area contributed by atoms with Gasteiger partial charge in [-0.3, -0.25) is 0 Å². The quantitative estimate of drug-likeness (QED) is 0.697. The molecule has 0 aromatic carbocycles. The summed E-state index contributed by atoms with van der Waals surface area (Å²) in [7, 11) is 0. The molecule has 0 heterocycles. The van der Waals surface area contributed by atoms with Crippen LogP contribution >= 0.6 is 0 Å². The summed E-state index contributed by atoms with van der Waals surface area (Å²) in [6.45, 7) is 6.67. The van der Waals surface area contributed by atoms with Gasteiger partial charge in [-0.2, -0.15) is 0 Å². The van der Waals surface area contributed by atoms with Gasteiger partial charge in [0.05, 0.1) is 12.2 Å². The number of hydrogen-bond donors (Lipinski definition) is 0. The molecule has 0 saturated heterocycles. The molecule has 0 unspecified atom stereocenters. The second kappa shape index (κ2) is 9.06. The number of carbonyl (C=O) groups excluding carboxylic acids is 2. The third-order valence-corrected chi connectivity index (χ3v) is 0.886. The number of azo groups is 1. The summed E-state index contributed by atoms with van der Waals surface area (Å²) < 4.78 is 9.20. The maximum Gasteiger partial charge on any atom is 0.452 e. The van der Waals surface area contributed by atoms with Gasteiger partial charge < -0.3 is 9.47 Å². The molecule has 0 radical (unpaired) electrons. The molecule has 7 heteroatoms. The molecule has 6 nitrogen and oxygen atoms in total. The van der Waals surface area contributed by atoms with Crippen molar-refractivity contribution in [2.45, 2.75) is 39.9 Å². The van der Waals surface area contributed by atoms with Crippen molar-refractivity contribution in [2.24, 2.45) is 10.2 Å². The summed E-state index contributed by atoms with van der Waals surface area (Å²) in [6.07, 6.45) is -2.38. The van der Waals surface area contributed by atoms with Crippen molar-refractivity contribution in [3.8, 4) is 0 Å². The molecule has 0 spiro atoms. The van der Waals surface area contributed by atoms with Gasteiger partial charge in [0.1, 0.15) is 0 Å². The van der Waals surface area contributed by atoms with Crippen molar-refractivity contribution in [3.05, 3.63) is 0 Å². The summed E-state index contributed by atoms with van der Waals surface area (Å²) in [5.41, 5.74) is 0. The number of hydrogen-bond acceptors (Lipinski definition) is 4. The Balaban J connectivity index is 0. The zero-order valence-electron chi connectivity index (χ0n) is 9.04. The summed E-state index contributed by atoms with van der Waals surface area (Å²) >= 11 is 0. The normalized spacial score (nSPS) is 10.3. The number of ether oxygens (including phenoxy) is 2. The second-order valence-electron chi connectivity index (χ2n) is 3.07. The van der Waals surface area contributed by atoms with Crippen LogP contribution < -0.4 is 0 Å².